The molecule has 0 spiro atoms. The van der Waals surface area contributed by atoms with E-state index in [-0.39, 0.29) is 18.2 Å². The second-order valence-corrected chi connectivity index (χ2v) is 8.96. The first kappa shape index (κ1) is 24.9. The van der Waals surface area contributed by atoms with Gasteiger partial charge in [-0.05, 0) is 26.0 Å². The number of ether oxygens (including phenoxy) is 1. The maximum absolute atomic E-state index is 14.3. The van der Waals surface area contributed by atoms with Crippen LogP contribution in [-0.2, 0) is 10.9 Å². The SMILES string of the molecule is Cc1nc(C(=O)N2CC(F)(F)O[C@@H](C)[C@H]2CNc2ncc(C(F)(F)F)cn2)c(-c2ccccn2)s1. The van der Waals surface area contributed by atoms with Gasteiger partial charge in [0.25, 0.3) is 5.91 Å². The number of anilines is 1. The van der Waals surface area contributed by atoms with Crippen molar-refractivity contribution in [3.05, 3.63) is 53.1 Å². The van der Waals surface area contributed by atoms with Crippen LogP contribution in [0, 0.1) is 6.92 Å². The van der Waals surface area contributed by atoms with Gasteiger partial charge in [0.05, 0.1) is 33.3 Å². The number of morpholine rings is 1. The predicted molar refractivity (Wildman–Crippen MR) is 116 cm³/mol. The highest BCUT2D eigenvalue weighted by Gasteiger charge is 2.48. The molecular weight excluding hydrogens is 495 g/mol. The van der Waals surface area contributed by atoms with Crippen molar-refractivity contribution >= 4 is 23.2 Å². The van der Waals surface area contributed by atoms with E-state index in [1.54, 1.807) is 31.3 Å². The minimum absolute atomic E-state index is 0.0214. The van der Waals surface area contributed by atoms with Crippen LogP contribution in [0.1, 0.15) is 28.0 Å². The molecule has 1 aliphatic heterocycles. The molecule has 0 saturated carbocycles. The Balaban J connectivity index is 1.60. The van der Waals surface area contributed by atoms with Crippen molar-refractivity contribution in [2.45, 2.75) is 38.3 Å². The number of pyridine rings is 1. The van der Waals surface area contributed by atoms with Gasteiger partial charge in [0.2, 0.25) is 5.95 Å². The fourth-order valence-corrected chi connectivity index (χ4v) is 4.48. The van der Waals surface area contributed by atoms with Crippen LogP contribution in [0.25, 0.3) is 10.6 Å². The Morgan fingerprint density at radius 3 is 2.60 bits per heavy atom. The van der Waals surface area contributed by atoms with Gasteiger partial charge in [-0.1, -0.05) is 6.07 Å². The summed E-state index contributed by atoms with van der Waals surface area (Å²) in [5.74, 6) is -0.904. The molecule has 1 aliphatic rings. The first-order valence-corrected chi connectivity index (χ1v) is 11.1. The molecule has 0 radical (unpaired) electrons. The van der Waals surface area contributed by atoms with Crippen LogP contribution in [0.2, 0.25) is 0 Å². The Morgan fingerprint density at radius 2 is 1.97 bits per heavy atom. The van der Waals surface area contributed by atoms with E-state index >= 15 is 0 Å². The molecule has 186 valence electrons. The van der Waals surface area contributed by atoms with E-state index in [1.165, 1.54) is 18.3 Å². The second-order valence-electron chi connectivity index (χ2n) is 7.76. The number of thiazole rings is 1. The molecule has 1 saturated heterocycles. The van der Waals surface area contributed by atoms with Gasteiger partial charge in [0.1, 0.15) is 12.2 Å². The number of nitrogens with one attached hydrogen (secondary N) is 1. The summed E-state index contributed by atoms with van der Waals surface area (Å²) in [6, 6.07) is 4.19. The summed E-state index contributed by atoms with van der Waals surface area (Å²) in [5.41, 5.74) is -0.580. The maximum atomic E-state index is 14.3. The molecule has 0 aromatic carbocycles. The molecule has 1 N–H and O–H groups in total. The van der Waals surface area contributed by atoms with Gasteiger partial charge in [-0.2, -0.15) is 22.0 Å². The summed E-state index contributed by atoms with van der Waals surface area (Å²) >= 11 is 1.21. The van der Waals surface area contributed by atoms with Crippen molar-refractivity contribution in [3.63, 3.8) is 0 Å². The summed E-state index contributed by atoms with van der Waals surface area (Å²) in [6.45, 7) is 1.87. The Bertz CT molecular complexity index is 1190. The average Bonchev–Trinajstić information content (AvgIpc) is 3.19. The number of hydrogen-bond donors (Lipinski definition) is 1. The van der Waals surface area contributed by atoms with Crippen molar-refractivity contribution < 1.29 is 31.5 Å². The highest BCUT2D eigenvalue weighted by molar-refractivity contribution is 7.15. The molecular formula is C21H19F5N6O2S. The summed E-state index contributed by atoms with van der Waals surface area (Å²) in [7, 11) is 0. The quantitative estimate of drug-likeness (QED) is 0.509. The smallest absolute Gasteiger partial charge is 0.352 e. The number of halogens is 5. The zero-order valence-electron chi connectivity index (χ0n) is 18.4. The zero-order chi connectivity index (χ0) is 25.4. The lowest BCUT2D eigenvalue weighted by atomic mass is 10.1. The standard InChI is InChI=1S/C21H19F5N6O2S/c1-11-15(9-30-19-28-7-13(8-29-19)21(24,25)26)32(10-20(22,23)34-11)18(33)16-17(35-12(2)31-16)14-5-3-4-6-27-14/h3-8,11,15H,9-10H2,1-2H3,(H,28,29,30)/t11-,15+/m0/s1. The highest BCUT2D eigenvalue weighted by Crippen LogP contribution is 2.34. The van der Waals surface area contributed by atoms with Gasteiger partial charge in [0, 0.05) is 25.1 Å². The molecule has 1 amide bonds. The zero-order valence-corrected chi connectivity index (χ0v) is 19.2. The fourth-order valence-electron chi connectivity index (χ4n) is 3.60. The van der Waals surface area contributed by atoms with Crippen molar-refractivity contribution in [1.29, 1.82) is 0 Å². The van der Waals surface area contributed by atoms with Gasteiger partial charge in [-0.15, -0.1) is 11.3 Å². The number of carbonyl (C=O) groups excluding carboxylic acids is 1. The molecule has 4 heterocycles. The molecule has 0 bridgehead atoms. The minimum Gasteiger partial charge on any atom is -0.352 e. The Kier molecular flexibility index (Phi) is 6.68. The highest BCUT2D eigenvalue weighted by atomic mass is 32.1. The fraction of sp³-hybridized carbons (Fsp3) is 0.381. The number of aromatic nitrogens is 4. The third kappa shape index (κ3) is 5.53. The Labute approximate surface area is 200 Å². The first-order chi connectivity index (χ1) is 16.4. The van der Waals surface area contributed by atoms with E-state index in [9.17, 15) is 26.7 Å². The normalized spacial score (nSPS) is 20.0. The van der Waals surface area contributed by atoms with Gasteiger partial charge in [-0.3, -0.25) is 9.78 Å². The van der Waals surface area contributed by atoms with Crippen LogP contribution in [-0.4, -0.2) is 62.1 Å². The first-order valence-electron chi connectivity index (χ1n) is 10.3. The lowest BCUT2D eigenvalue weighted by Crippen LogP contribution is -2.61. The number of amides is 1. The van der Waals surface area contributed by atoms with E-state index in [2.05, 4.69) is 25.3 Å². The van der Waals surface area contributed by atoms with Crippen LogP contribution in [0.15, 0.2) is 36.8 Å². The third-order valence-electron chi connectivity index (χ3n) is 5.20. The van der Waals surface area contributed by atoms with Crippen molar-refractivity contribution in [1.82, 2.24) is 24.8 Å². The van der Waals surface area contributed by atoms with Crippen LogP contribution in [0.4, 0.5) is 27.9 Å². The van der Waals surface area contributed by atoms with Crippen LogP contribution in [0.5, 0.6) is 0 Å². The number of alkyl halides is 5. The van der Waals surface area contributed by atoms with Crippen LogP contribution in [0.3, 0.4) is 0 Å². The topological polar surface area (TPSA) is 93.1 Å². The summed E-state index contributed by atoms with van der Waals surface area (Å²) in [4.78, 5) is 30.6. The van der Waals surface area contributed by atoms with Gasteiger partial charge >= 0.3 is 12.3 Å². The number of nitrogens with zero attached hydrogens (tertiary/aromatic N) is 5. The van der Waals surface area contributed by atoms with Crippen LogP contribution < -0.4 is 5.32 Å². The molecule has 2 atom stereocenters. The number of rotatable bonds is 5. The van der Waals surface area contributed by atoms with E-state index in [0.717, 1.165) is 4.90 Å². The van der Waals surface area contributed by atoms with Crippen molar-refractivity contribution in [2.75, 3.05) is 18.4 Å². The lowest BCUT2D eigenvalue weighted by molar-refractivity contribution is -0.298. The second kappa shape index (κ2) is 9.41. The van der Waals surface area contributed by atoms with Gasteiger partial charge < -0.3 is 15.0 Å². The van der Waals surface area contributed by atoms with E-state index < -0.39 is 42.4 Å². The van der Waals surface area contributed by atoms with E-state index in [1.807, 2.05) is 0 Å². The molecule has 1 fully saturated rings. The third-order valence-corrected chi connectivity index (χ3v) is 6.19. The molecule has 4 rings (SSSR count). The monoisotopic (exact) mass is 514 g/mol. The summed E-state index contributed by atoms with van der Waals surface area (Å²) in [5, 5.41) is 3.25. The Morgan fingerprint density at radius 1 is 1.26 bits per heavy atom. The molecule has 35 heavy (non-hydrogen) atoms. The largest absolute Gasteiger partial charge is 0.419 e. The van der Waals surface area contributed by atoms with E-state index in [4.69, 9.17) is 4.74 Å². The molecule has 3 aromatic rings. The minimum atomic E-state index is -4.60. The molecule has 3 aromatic heterocycles. The lowest BCUT2D eigenvalue weighted by Gasteiger charge is -2.43. The number of hydrogen-bond acceptors (Lipinski definition) is 8. The van der Waals surface area contributed by atoms with Crippen molar-refractivity contribution in [2.24, 2.45) is 0 Å². The molecule has 14 heteroatoms. The molecule has 8 nitrogen and oxygen atoms in total. The maximum Gasteiger partial charge on any atom is 0.419 e. The van der Waals surface area contributed by atoms with Crippen LogP contribution >= 0.6 is 11.3 Å². The van der Waals surface area contributed by atoms with Crippen molar-refractivity contribution in [3.8, 4) is 10.6 Å². The number of carbonyl (C=O) groups is 1. The summed E-state index contributed by atoms with van der Waals surface area (Å²) < 4.78 is 71.6. The average molecular weight is 514 g/mol. The molecule has 0 aliphatic carbocycles. The van der Waals surface area contributed by atoms with E-state index in [0.29, 0.717) is 28.0 Å². The predicted octanol–water partition coefficient (Wildman–Crippen LogP) is 4.26. The molecule has 0 unspecified atom stereocenters. The Hall–Kier alpha value is -3.26. The van der Waals surface area contributed by atoms with Gasteiger partial charge in [0.15, 0.2) is 0 Å². The summed E-state index contributed by atoms with van der Waals surface area (Å²) in [6.07, 6.45) is -6.58. The van der Waals surface area contributed by atoms with Gasteiger partial charge in [-0.25, -0.2) is 15.0 Å². The number of aryl methyl sites for hydroxylation is 1.